The van der Waals surface area contributed by atoms with Crippen LogP contribution in [0.2, 0.25) is 0 Å². The number of methoxy groups -OCH3 is 1. The summed E-state index contributed by atoms with van der Waals surface area (Å²) in [6.45, 7) is 1.70. The van der Waals surface area contributed by atoms with E-state index in [9.17, 15) is 18.0 Å². The summed E-state index contributed by atoms with van der Waals surface area (Å²) in [6.07, 6.45) is -5.31. The zero-order valence-corrected chi connectivity index (χ0v) is 11.3. The summed E-state index contributed by atoms with van der Waals surface area (Å²) in [4.78, 5) is 11.5. The molecule has 0 atom stereocenters. The van der Waals surface area contributed by atoms with Gasteiger partial charge in [0, 0.05) is 5.56 Å². The van der Waals surface area contributed by atoms with Crippen molar-refractivity contribution < 1.29 is 32.2 Å². The van der Waals surface area contributed by atoms with E-state index in [1.54, 1.807) is 13.0 Å². The van der Waals surface area contributed by atoms with Gasteiger partial charge in [0.15, 0.2) is 11.5 Å². The molecule has 0 heterocycles. The Bertz CT molecular complexity index is 564. The second-order valence-electron chi connectivity index (χ2n) is 3.76. The summed E-state index contributed by atoms with van der Waals surface area (Å²) in [6, 6.07) is 3.86. The minimum absolute atomic E-state index is 0.00873. The minimum atomic E-state index is -4.91. The van der Waals surface area contributed by atoms with Crippen molar-refractivity contribution in [1.82, 2.24) is 0 Å². The quantitative estimate of drug-likeness (QED) is 0.782. The lowest BCUT2D eigenvalue weighted by Crippen LogP contribution is -2.18. The molecule has 0 bridgehead atoms. The summed E-state index contributed by atoms with van der Waals surface area (Å²) in [5.74, 6) is -1.63. The van der Waals surface area contributed by atoms with Gasteiger partial charge >= 0.3 is 12.3 Å². The maximum absolute atomic E-state index is 12.3. The highest BCUT2D eigenvalue weighted by molar-refractivity contribution is 5.75. The molecule has 0 amide bonds. The van der Waals surface area contributed by atoms with Crippen molar-refractivity contribution in [3.63, 3.8) is 0 Å². The van der Waals surface area contributed by atoms with Crippen LogP contribution >= 0.6 is 0 Å². The van der Waals surface area contributed by atoms with Crippen molar-refractivity contribution in [1.29, 1.82) is 5.26 Å². The Morgan fingerprint density at radius 2 is 2.05 bits per heavy atom. The van der Waals surface area contributed by atoms with Crippen LogP contribution < -0.4 is 9.47 Å². The lowest BCUT2D eigenvalue weighted by Gasteiger charge is -2.16. The molecule has 0 spiro atoms. The van der Waals surface area contributed by atoms with E-state index in [2.05, 4.69) is 4.74 Å². The van der Waals surface area contributed by atoms with Crippen LogP contribution in [0.3, 0.4) is 0 Å². The molecule has 0 fully saturated rings. The first kappa shape index (κ1) is 16.6. The maximum Gasteiger partial charge on any atom is 0.573 e. The van der Waals surface area contributed by atoms with E-state index in [0.29, 0.717) is 0 Å². The van der Waals surface area contributed by atoms with Crippen LogP contribution in [0.4, 0.5) is 13.2 Å². The topological polar surface area (TPSA) is 68.6 Å². The highest BCUT2D eigenvalue weighted by Crippen LogP contribution is 2.37. The van der Waals surface area contributed by atoms with Gasteiger partial charge in [0.1, 0.15) is 0 Å². The van der Waals surface area contributed by atoms with Crippen LogP contribution in [0.15, 0.2) is 12.1 Å². The Hall–Kier alpha value is -2.43. The van der Waals surface area contributed by atoms with Gasteiger partial charge in [-0.15, -0.1) is 13.2 Å². The normalized spacial score (nSPS) is 10.7. The molecule has 114 valence electrons. The maximum atomic E-state index is 12.3. The van der Waals surface area contributed by atoms with Crippen molar-refractivity contribution in [2.75, 3.05) is 13.7 Å². The molecule has 8 heteroatoms. The van der Waals surface area contributed by atoms with E-state index < -0.39 is 24.5 Å². The van der Waals surface area contributed by atoms with Crippen molar-refractivity contribution in [2.24, 2.45) is 0 Å². The number of nitrogens with zero attached hydrogens (tertiary/aromatic N) is 1. The summed E-state index contributed by atoms with van der Waals surface area (Å²) >= 11 is 0. The van der Waals surface area contributed by atoms with Crippen LogP contribution in [0.1, 0.15) is 18.1 Å². The number of alkyl halides is 3. The van der Waals surface area contributed by atoms with Gasteiger partial charge in [-0.05, 0) is 19.1 Å². The number of esters is 1. The standard InChI is InChI=1S/C13H12F3NO4/c1-3-20-11(18)6-9-8(7-17)4-5-10(12(9)19-2)21-13(14,15)16/h4-5H,3,6H2,1-2H3. The predicted octanol–water partition coefficient (Wildman–Crippen LogP) is 2.57. The highest BCUT2D eigenvalue weighted by atomic mass is 19.4. The van der Waals surface area contributed by atoms with E-state index in [1.165, 1.54) is 0 Å². The third-order valence-electron chi connectivity index (χ3n) is 2.40. The van der Waals surface area contributed by atoms with E-state index in [-0.39, 0.29) is 23.5 Å². The van der Waals surface area contributed by atoms with Crippen molar-refractivity contribution in [3.05, 3.63) is 23.3 Å². The largest absolute Gasteiger partial charge is 0.573 e. The summed E-state index contributed by atoms with van der Waals surface area (Å²) in [7, 11) is 1.12. The van der Waals surface area contributed by atoms with Gasteiger partial charge in [0.25, 0.3) is 0 Å². The Morgan fingerprint density at radius 3 is 2.52 bits per heavy atom. The first-order valence-corrected chi connectivity index (χ1v) is 5.83. The molecular weight excluding hydrogens is 291 g/mol. The molecule has 21 heavy (non-hydrogen) atoms. The van der Waals surface area contributed by atoms with E-state index in [1.807, 2.05) is 0 Å². The third-order valence-corrected chi connectivity index (χ3v) is 2.40. The summed E-state index contributed by atoms with van der Waals surface area (Å²) in [5.41, 5.74) is -0.00497. The second-order valence-corrected chi connectivity index (χ2v) is 3.76. The van der Waals surface area contributed by atoms with Gasteiger partial charge in [0.2, 0.25) is 0 Å². The number of rotatable bonds is 5. The molecule has 1 aromatic carbocycles. The van der Waals surface area contributed by atoms with E-state index in [4.69, 9.17) is 14.7 Å². The molecule has 0 aliphatic carbocycles. The fraction of sp³-hybridized carbons (Fsp3) is 0.385. The highest BCUT2D eigenvalue weighted by Gasteiger charge is 2.33. The van der Waals surface area contributed by atoms with Crippen LogP contribution in [0.25, 0.3) is 0 Å². The molecule has 0 saturated carbocycles. The van der Waals surface area contributed by atoms with Gasteiger partial charge in [-0.3, -0.25) is 4.79 Å². The summed E-state index contributed by atoms with van der Waals surface area (Å²) < 4.78 is 50.4. The monoisotopic (exact) mass is 303 g/mol. The molecule has 0 aromatic heterocycles. The third kappa shape index (κ3) is 4.56. The number of carbonyl (C=O) groups excluding carboxylic acids is 1. The SMILES string of the molecule is CCOC(=O)Cc1c(C#N)ccc(OC(F)(F)F)c1OC. The van der Waals surface area contributed by atoms with Gasteiger partial charge in [-0.2, -0.15) is 5.26 Å². The predicted molar refractivity (Wildman–Crippen MR) is 64.7 cm³/mol. The smallest absolute Gasteiger partial charge is 0.493 e. The molecule has 0 unspecified atom stereocenters. The minimum Gasteiger partial charge on any atom is -0.493 e. The van der Waals surface area contributed by atoms with Crippen LogP contribution in [-0.4, -0.2) is 26.0 Å². The number of halogens is 3. The number of hydrogen-bond donors (Lipinski definition) is 0. The Balaban J connectivity index is 3.27. The molecular formula is C13H12F3NO4. The van der Waals surface area contributed by atoms with Crippen molar-refractivity contribution >= 4 is 5.97 Å². The zero-order chi connectivity index (χ0) is 16.0. The average Bonchev–Trinajstić information content (AvgIpc) is 2.37. The Morgan fingerprint density at radius 1 is 1.38 bits per heavy atom. The van der Waals surface area contributed by atoms with Crippen LogP contribution in [-0.2, 0) is 16.0 Å². The molecule has 1 aromatic rings. The van der Waals surface area contributed by atoms with E-state index >= 15 is 0 Å². The lowest BCUT2D eigenvalue weighted by molar-refractivity contribution is -0.275. The van der Waals surface area contributed by atoms with Crippen LogP contribution in [0, 0.1) is 11.3 Å². The van der Waals surface area contributed by atoms with Crippen molar-refractivity contribution in [3.8, 4) is 17.6 Å². The van der Waals surface area contributed by atoms with Gasteiger partial charge in [-0.1, -0.05) is 0 Å². The van der Waals surface area contributed by atoms with Gasteiger partial charge in [0.05, 0.1) is 31.8 Å². The number of hydrogen-bond acceptors (Lipinski definition) is 5. The first-order valence-electron chi connectivity index (χ1n) is 5.83. The number of nitriles is 1. The molecule has 0 aliphatic heterocycles. The first-order chi connectivity index (χ1) is 9.82. The number of carbonyl (C=O) groups is 1. The molecule has 1 rings (SSSR count). The number of benzene rings is 1. The number of ether oxygens (including phenoxy) is 3. The molecule has 0 N–H and O–H groups in total. The molecule has 0 aliphatic rings. The lowest BCUT2D eigenvalue weighted by atomic mass is 10.0. The molecule has 0 radical (unpaired) electrons. The van der Waals surface area contributed by atoms with Crippen molar-refractivity contribution in [2.45, 2.75) is 19.7 Å². The second kappa shape index (κ2) is 6.83. The molecule has 0 saturated heterocycles. The zero-order valence-electron chi connectivity index (χ0n) is 11.3. The van der Waals surface area contributed by atoms with E-state index in [0.717, 1.165) is 19.2 Å². The fourth-order valence-corrected chi connectivity index (χ4v) is 1.67. The molecule has 5 nitrogen and oxygen atoms in total. The van der Waals surface area contributed by atoms with Gasteiger partial charge in [-0.25, -0.2) is 0 Å². The Kier molecular flexibility index (Phi) is 5.41. The van der Waals surface area contributed by atoms with Gasteiger partial charge < -0.3 is 14.2 Å². The Labute approximate surface area is 118 Å². The van der Waals surface area contributed by atoms with Crippen LogP contribution in [0.5, 0.6) is 11.5 Å². The summed E-state index contributed by atoms with van der Waals surface area (Å²) in [5, 5.41) is 8.98. The fourth-order valence-electron chi connectivity index (χ4n) is 1.67. The average molecular weight is 303 g/mol.